The smallest absolute Gasteiger partial charge is 0.336 e. The molecule has 0 N–H and O–H groups in total. The lowest BCUT2D eigenvalue weighted by Gasteiger charge is -1.94. The fourth-order valence-electron chi connectivity index (χ4n) is 1.16. The van der Waals surface area contributed by atoms with Gasteiger partial charge in [-0.25, -0.2) is 4.79 Å². The molecule has 0 spiro atoms. The van der Waals surface area contributed by atoms with Gasteiger partial charge in [0.05, 0.1) is 11.0 Å². The van der Waals surface area contributed by atoms with Crippen LogP contribution in [-0.4, -0.2) is 4.92 Å². The number of non-ortho nitro benzene ring substituents is 1. The zero-order chi connectivity index (χ0) is 10.1. The van der Waals surface area contributed by atoms with Crippen molar-refractivity contribution in [3.05, 3.63) is 50.9 Å². The number of nitrogens with zero attached hydrogens (tertiary/aromatic N) is 1. The molecule has 2 rings (SSSR count). The highest BCUT2D eigenvalue weighted by atomic mass is 16.6. The number of rotatable bonds is 1. The van der Waals surface area contributed by atoms with Crippen molar-refractivity contribution in [2.45, 2.75) is 0 Å². The van der Waals surface area contributed by atoms with Crippen LogP contribution in [0.3, 0.4) is 0 Å². The minimum Gasteiger partial charge on any atom is -0.422 e. The van der Waals surface area contributed by atoms with E-state index in [1.54, 1.807) is 6.07 Å². The van der Waals surface area contributed by atoms with E-state index in [4.69, 9.17) is 4.42 Å². The van der Waals surface area contributed by atoms with Crippen LogP contribution in [-0.2, 0) is 0 Å². The first-order valence-electron chi connectivity index (χ1n) is 3.85. The molecule has 1 aromatic heterocycles. The summed E-state index contributed by atoms with van der Waals surface area (Å²) in [6.45, 7) is 0. The van der Waals surface area contributed by atoms with E-state index in [1.807, 2.05) is 0 Å². The van der Waals surface area contributed by atoms with Gasteiger partial charge < -0.3 is 4.42 Å². The number of fused-ring (bicyclic) bond motifs is 1. The summed E-state index contributed by atoms with van der Waals surface area (Å²) >= 11 is 0. The van der Waals surface area contributed by atoms with Crippen LogP contribution in [0.4, 0.5) is 5.69 Å². The van der Waals surface area contributed by atoms with E-state index in [0.29, 0.717) is 5.39 Å². The fourth-order valence-corrected chi connectivity index (χ4v) is 1.16. The van der Waals surface area contributed by atoms with Crippen molar-refractivity contribution in [2.24, 2.45) is 0 Å². The van der Waals surface area contributed by atoms with E-state index >= 15 is 0 Å². The minimum atomic E-state index is -0.535. The number of nitro groups is 1. The van der Waals surface area contributed by atoms with E-state index in [-0.39, 0.29) is 11.3 Å². The molecule has 0 aliphatic heterocycles. The van der Waals surface area contributed by atoms with Crippen LogP contribution in [0.5, 0.6) is 0 Å². The van der Waals surface area contributed by atoms with Crippen molar-refractivity contribution in [3.63, 3.8) is 0 Å². The van der Waals surface area contributed by atoms with E-state index in [9.17, 15) is 14.9 Å². The average Bonchev–Trinajstić information content (AvgIpc) is 2.16. The molecular weight excluding hydrogens is 186 g/mol. The standard InChI is InChI=1S/C9H5NO4/c11-9-4-2-6-1-3-7(10(12)13)5-8(6)14-9/h1-5H. The maximum absolute atomic E-state index is 10.8. The molecule has 0 saturated carbocycles. The molecule has 0 fully saturated rings. The van der Waals surface area contributed by atoms with Crippen LogP contribution in [0.15, 0.2) is 39.5 Å². The zero-order valence-corrected chi connectivity index (χ0v) is 6.97. The van der Waals surface area contributed by atoms with Gasteiger partial charge in [0.2, 0.25) is 0 Å². The first-order valence-corrected chi connectivity index (χ1v) is 3.85. The van der Waals surface area contributed by atoms with Crippen LogP contribution in [0.1, 0.15) is 0 Å². The summed E-state index contributed by atoms with van der Waals surface area (Å²) in [5.74, 6) is 0. The minimum absolute atomic E-state index is 0.0909. The predicted molar refractivity (Wildman–Crippen MR) is 49.1 cm³/mol. The largest absolute Gasteiger partial charge is 0.422 e. The van der Waals surface area contributed by atoms with Gasteiger partial charge in [-0.2, -0.15) is 0 Å². The van der Waals surface area contributed by atoms with Gasteiger partial charge in [0.25, 0.3) is 5.69 Å². The third-order valence-electron chi connectivity index (χ3n) is 1.82. The summed E-state index contributed by atoms with van der Waals surface area (Å²) in [7, 11) is 0. The second-order valence-electron chi connectivity index (χ2n) is 2.73. The summed E-state index contributed by atoms with van der Waals surface area (Å²) in [4.78, 5) is 20.7. The Hall–Kier alpha value is -2.17. The monoisotopic (exact) mass is 191 g/mol. The first-order chi connectivity index (χ1) is 6.66. The number of nitro benzene ring substituents is 1. The molecule has 0 atom stereocenters. The highest BCUT2D eigenvalue weighted by Crippen LogP contribution is 2.18. The Morgan fingerprint density at radius 2 is 1.93 bits per heavy atom. The first kappa shape index (κ1) is 8.43. The summed E-state index contributed by atoms with van der Waals surface area (Å²) < 4.78 is 4.79. The van der Waals surface area contributed by atoms with Gasteiger partial charge in [0.15, 0.2) is 0 Å². The maximum atomic E-state index is 10.8. The SMILES string of the molecule is O=c1ccc2ccc([N+](=O)[O-])cc2o1. The molecule has 5 nitrogen and oxygen atoms in total. The van der Waals surface area contributed by atoms with E-state index in [1.165, 1.54) is 24.3 Å². The van der Waals surface area contributed by atoms with E-state index in [2.05, 4.69) is 0 Å². The molecule has 0 radical (unpaired) electrons. The topological polar surface area (TPSA) is 73.3 Å². The second-order valence-corrected chi connectivity index (χ2v) is 2.73. The van der Waals surface area contributed by atoms with Crippen LogP contribution >= 0.6 is 0 Å². The normalized spacial score (nSPS) is 10.3. The third kappa shape index (κ3) is 1.35. The quantitative estimate of drug-likeness (QED) is 0.390. The van der Waals surface area contributed by atoms with E-state index in [0.717, 1.165) is 0 Å². The van der Waals surface area contributed by atoms with E-state index < -0.39 is 10.5 Å². The zero-order valence-electron chi connectivity index (χ0n) is 6.97. The maximum Gasteiger partial charge on any atom is 0.336 e. The highest BCUT2D eigenvalue weighted by Gasteiger charge is 2.06. The Morgan fingerprint density at radius 1 is 1.21 bits per heavy atom. The highest BCUT2D eigenvalue weighted by molar-refractivity contribution is 5.78. The van der Waals surface area contributed by atoms with Crippen molar-refractivity contribution >= 4 is 16.7 Å². The third-order valence-corrected chi connectivity index (χ3v) is 1.82. The number of hydrogen-bond acceptors (Lipinski definition) is 4. The van der Waals surface area contributed by atoms with Crippen LogP contribution in [0.2, 0.25) is 0 Å². The number of benzene rings is 1. The molecule has 14 heavy (non-hydrogen) atoms. The fraction of sp³-hybridized carbons (Fsp3) is 0. The number of hydrogen-bond donors (Lipinski definition) is 0. The Kier molecular flexibility index (Phi) is 1.78. The molecule has 0 bridgehead atoms. The molecule has 0 saturated heterocycles. The summed E-state index contributed by atoms with van der Waals surface area (Å²) in [6, 6.07) is 6.97. The van der Waals surface area contributed by atoms with Crippen LogP contribution < -0.4 is 5.63 Å². The summed E-state index contributed by atoms with van der Waals surface area (Å²) in [5.41, 5.74) is -0.378. The van der Waals surface area contributed by atoms with Crippen LogP contribution in [0, 0.1) is 10.1 Å². The molecule has 2 aromatic rings. The molecular formula is C9H5NO4. The van der Waals surface area contributed by atoms with Gasteiger partial charge in [-0.15, -0.1) is 0 Å². The average molecular weight is 191 g/mol. The predicted octanol–water partition coefficient (Wildman–Crippen LogP) is 1.70. The Morgan fingerprint density at radius 3 is 2.64 bits per heavy atom. The lowest BCUT2D eigenvalue weighted by Crippen LogP contribution is -1.95. The van der Waals surface area contributed by atoms with Gasteiger partial charge in [0.1, 0.15) is 5.58 Å². The van der Waals surface area contributed by atoms with Gasteiger partial charge in [-0.3, -0.25) is 10.1 Å². The lowest BCUT2D eigenvalue weighted by molar-refractivity contribution is -0.384. The lowest BCUT2D eigenvalue weighted by atomic mass is 10.2. The van der Waals surface area contributed by atoms with Crippen molar-refractivity contribution in [1.82, 2.24) is 0 Å². The van der Waals surface area contributed by atoms with Crippen molar-refractivity contribution in [2.75, 3.05) is 0 Å². The molecule has 70 valence electrons. The molecule has 0 unspecified atom stereocenters. The molecule has 0 amide bonds. The van der Waals surface area contributed by atoms with Crippen molar-refractivity contribution < 1.29 is 9.34 Å². The van der Waals surface area contributed by atoms with Gasteiger partial charge >= 0.3 is 5.63 Å². The van der Waals surface area contributed by atoms with Crippen LogP contribution in [0.25, 0.3) is 11.0 Å². The Labute approximate surface area is 77.7 Å². The Balaban J connectivity index is 2.75. The van der Waals surface area contributed by atoms with Crippen molar-refractivity contribution in [1.29, 1.82) is 0 Å². The molecule has 0 aliphatic carbocycles. The second kappa shape index (κ2) is 2.95. The molecule has 1 aromatic carbocycles. The molecule has 5 heteroatoms. The summed E-state index contributed by atoms with van der Waals surface area (Å²) in [5, 5.41) is 11.1. The molecule has 1 heterocycles. The van der Waals surface area contributed by atoms with Gasteiger partial charge in [-0.1, -0.05) is 0 Å². The van der Waals surface area contributed by atoms with Gasteiger partial charge in [0, 0.05) is 17.5 Å². The Bertz CT molecular complexity index is 558. The summed E-state index contributed by atoms with van der Waals surface area (Å²) in [6.07, 6.45) is 0. The van der Waals surface area contributed by atoms with Crippen molar-refractivity contribution in [3.8, 4) is 0 Å². The molecule has 0 aliphatic rings. The van der Waals surface area contributed by atoms with Gasteiger partial charge in [-0.05, 0) is 12.1 Å².